The second-order valence-corrected chi connectivity index (χ2v) is 9.90. The van der Waals surface area contributed by atoms with Gasteiger partial charge in [0.2, 0.25) is 0 Å². The first-order valence-corrected chi connectivity index (χ1v) is 12.2. The number of aliphatic carboxylic acids is 1. The van der Waals surface area contributed by atoms with Gasteiger partial charge in [-0.1, -0.05) is 54.4 Å². The number of carboxylic acid groups (broad SMARTS) is 1. The fraction of sp³-hybridized carbons (Fsp3) is 0.192. The van der Waals surface area contributed by atoms with Crippen molar-refractivity contribution in [2.24, 2.45) is 0 Å². The molecule has 0 saturated heterocycles. The number of carboxylic acids is 1. The molecule has 1 heterocycles. The van der Waals surface area contributed by atoms with Gasteiger partial charge in [0, 0.05) is 16.5 Å². The van der Waals surface area contributed by atoms with Gasteiger partial charge < -0.3 is 10.1 Å². The van der Waals surface area contributed by atoms with Crippen molar-refractivity contribution in [1.82, 2.24) is 4.98 Å². The van der Waals surface area contributed by atoms with Gasteiger partial charge in [0.05, 0.1) is 22.7 Å². The van der Waals surface area contributed by atoms with Crippen LogP contribution in [0.4, 0.5) is 5.69 Å². The lowest BCUT2D eigenvalue weighted by molar-refractivity contribution is -0.136. The Balaban J connectivity index is 1.95. The van der Waals surface area contributed by atoms with Gasteiger partial charge in [-0.3, -0.25) is 9.52 Å². The van der Waals surface area contributed by atoms with Crippen LogP contribution in [-0.2, 0) is 27.7 Å². The van der Waals surface area contributed by atoms with Crippen LogP contribution in [0, 0.1) is 13.8 Å². The molecule has 0 bridgehead atoms. The number of fused-ring (bicyclic) bond motifs is 1. The number of anilines is 1. The van der Waals surface area contributed by atoms with Crippen molar-refractivity contribution >= 4 is 32.6 Å². The molecule has 7 heteroatoms. The molecule has 0 spiro atoms. The maximum atomic E-state index is 13.3. The van der Waals surface area contributed by atoms with Crippen molar-refractivity contribution in [2.75, 3.05) is 4.72 Å². The molecule has 4 rings (SSSR count). The van der Waals surface area contributed by atoms with Gasteiger partial charge in [-0.2, -0.15) is 0 Å². The van der Waals surface area contributed by atoms with E-state index < -0.39 is 16.0 Å². The highest BCUT2D eigenvalue weighted by atomic mass is 32.2. The highest BCUT2D eigenvalue weighted by molar-refractivity contribution is 7.92. The highest BCUT2D eigenvalue weighted by Crippen LogP contribution is 2.38. The molecule has 0 saturated carbocycles. The number of sulfonamides is 1. The molecular weight excluding hydrogens is 436 g/mol. The SMILES string of the molecule is CCc1cc(C)cc(-c2[nH]c3ccccc3c2CC(=O)O)c1NS(=O)(=O)c1ccc(C)cc1. The van der Waals surface area contributed by atoms with Crippen molar-refractivity contribution in [1.29, 1.82) is 0 Å². The molecule has 0 fully saturated rings. The van der Waals surface area contributed by atoms with E-state index in [2.05, 4.69) is 9.71 Å². The third-order valence-electron chi connectivity index (χ3n) is 5.72. The molecule has 4 aromatic rings. The average molecular weight is 463 g/mol. The Bertz CT molecular complexity index is 1450. The lowest BCUT2D eigenvalue weighted by Gasteiger charge is -2.18. The van der Waals surface area contributed by atoms with Crippen molar-refractivity contribution in [3.63, 3.8) is 0 Å². The van der Waals surface area contributed by atoms with Crippen molar-refractivity contribution in [3.05, 3.63) is 82.9 Å². The number of nitrogens with one attached hydrogen (secondary N) is 2. The summed E-state index contributed by atoms with van der Waals surface area (Å²) in [5, 5.41) is 10.4. The first-order chi connectivity index (χ1) is 15.7. The number of para-hydroxylation sites is 1. The lowest BCUT2D eigenvalue weighted by Crippen LogP contribution is -2.15. The molecule has 3 aromatic carbocycles. The Kier molecular flexibility index (Phi) is 5.99. The first-order valence-electron chi connectivity index (χ1n) is 10.7. The van der Waals surface area contributed by atoms with Crippen LogP contribution in [0.15, 0.2) is 65.6 Å². The second kappa shape index (κ2) is 8.75. The molecule has 6 nitrogen and oxygen atoms in total. The van der Waals surface area contributed by atoms with E-state index >= 15 is 0 Å². The molecule has 0 amide bonds. The van der Waals surface area contributed by atoms with Gasteiger partial charge in [0.15, 0.2) is 0 Å². The van der Waals surface area contributed by atoms with Crippen LogP contribution in [0.5, 0.6) is 0 Å². The van der Waals surface area contributed by atoms with Crippen LogP contribution >= 0.6 is 0 Å². The van der Waals surface area contributed by atoms with Gasteiger partial charge in [0.1, 0.15) is 0 Å². The van der Waals surface area contributed by atoms with Crippen molar-refractivity contribution < 1.29 is 18.3 Å². The Labute approximate surface area is 193 Å². The Morgan fingerprint density at radius 2 is 1.70 bits per heavy atom. The van der Waals surface area contributed by atoms with Crippen molar-refractivity contribution in [2.45, 2.75) is 38.5 Å². The van der Waals surface area contributed by atoms with Crippen LogP contribution in [0.25, 0.3) is 22.2 Å². The zero-order chi connectivity index (χ0) is 23.8. The maximum Gasteiger partial charge on any atom is 0.307 e. The monoisotopic (exact) mass is 462 g/mol. The quantitative estimate of drug-likeness (QED) is 0.340. The standard InChI is InChI=1S/C26H26N2O4S/c1-4-18-13-17(3)14-22(25(18)28-33(31,32)19-11-9-16(2)10-12-19)26-21(15-24(29)30)20-7-5-6-8-23(20)27-26/h5-14,27-28H,4,15H2,1-3H3,(H,29,30). The van der Waals surface area contributed by atoms with Gasteiger partial charge in [-0.05, 0) is 55.7 Å². The first kappa shape index (κ1) is 22.6. The molecule has 0 aliphatic rings. The summed E-state index contributed by atoms with van der Waals surface area (Å²) in [5.41, 5.74) is 5.89. The molecule has 33 heavy (non-hydrogen) atoms. The number of aromatic amines is 1. The van der Waals surface area contributed by atoms with E-state index in [4.69, 9.17) is 0 Å². The van der Waals surface area contributed by atoms with E-state index in [1.165, 1.54) is 0 Å². The number of aromatic nitrogens is 1. The zero-order valence-electron chi connectivity index (χ0n) is 18.8. The molecule has 1 aromatic heterocycles. The van der Waals surface area contributed by atoms with E-state index in [0.29, 0.717) is 28.9 Å². The third-order valence-corrected chi connectivity index (χ3v) is 7.09. The third kappa shape index (κ3) is 4.50. The normalized spacial score (nSPS) is 11.6. The van der Waals surface area contributed by atoms with Crippen LogP contribution < -0.4 is 4.72 Å². The minimum atomic E-state index is -3.85. The summed E-state index contributed by atoms with van der Waals surface area (Å²) in [4.78, 5) is 15.2. The predicted octanol–water partition coefficient (Wildman–Crippen LogP) is 5.44. The van der Waals surface area contributed by atoms with Crippen molar-refractivity contribution in [3.8, 4) is 11.3 Å². The van der Waals surface area contributed by atoms with Crippen LogP contribution in [-0.4, -0.2) is 24.5 Å². The Morgan fingerprint density at radius 3 is 2.36 bits per heavy atom. The minimum Gasteiger partial charge on any atom is -0.481 e. The number of aryl methyl sites for hydroxylation is 3. The fourth-order valence-electron chi connectivity index (χ4n) is 4.13. The Hall–Kier alpha value is -3.58. The molecule has 0 atom stereocenters. The van der Waals surface area contributed by atoms with E-state index in [9.17, 15) is 18.3 Å². The lowest BCUT2D eigenvalue weighted by atomic mass is 9.96. The van der Waals surface area contributed by atoms with Crippen LogP contribution in [0.3, 0.4) is 0 Å². The molecule has 0 radical (unpaired) electrons. The van der Waals surface area contributed by atoms with E-state index in [0.717, 1.165) is 27.6 Å². The van der Waals surface area contributed by atoms with Crippen LogP contribution in [0.2, 0.25) is 0 Å². The molecular formula is C26H26N2O4S. The smallest absolute Gasteiger partial charge is 0.307 e. The Morgan fingerprint density at radius 1 is 1.00 bits per heavy atom. The highest BCUT2D eigenvalue weighted by Gasteiger charge is 2.23. The van der Waals surface area contributed by atoms with Gasteiger partial charge in [-0.25, -0.2) is 8.42 Å². The van der Waals surface area contributed by atoms with Gasteiger partial charge in [0.25, 0.3) is 10.0 Å². The predicted molar refractivity (Wildman–Crippen MR) is 131 cm³/mol. The maximum absolute atomic E-state index is 13.3. The zero-order valence-corrected chi connectivity index (χ0v) is 19.6. The molecule has 0 aliphatic heterocycles. The summed E-state index contributed by atoms with van der Waals surface area (Å²) < 4.78 is 29.3. The molecule has 170 valence electrons. The largest absolute Gasteiger partial charge is 0.481 e. The van der Waals surface area contributed by atoms with E-state index in [-0.39, 0.29) is 11.3 Å². The number of hydrogen-bond acceptors (Lipinski definition) is 3. The van der Waals surface area contributed by atoms with E-state index in [1.54, 1.807) is 24.3 Å². The average Bonchev–Trinajstić information content (AvgIpc) is 3.12. The van der Waals surface area contributed by atoms with Gasteiger partial charge in [-0.15, -0.1) is 0 Å². The fourth-order valence-corrected chi connectivity index (χ4v) is 5.26. The summed E-state index contributed by atoms with van der Waals surface area (Å²) in [6, 6.07) is 18.0. The summed E-state index contributed by atoms with van der Waals surface area (Å²) in [7, 11) is -3.85. The minimum absolute atomic E-state index is 0.170. The van der Waals surface area contributed by atoms with E-state index in [1.807, 2.05) is 57.2 Å². The summed E-state index contributed by atoms with van der Waals surface area (Å²) in [6.07, 6.45) is 0.424. The summed E-state index contributed by atoms with van der Waals surface area (Å²) in [6.45, 7) is 5.81. The number of benzene rings is 3. The number of rotatable bonds is 7. The topological polar surface area (TPSA) is 99.3 Å². The molecule has 0 aliphatic carbocycles. The molecule has 0 unspecified atom stereocenters. The second-order valence-electron chi connectivity index (χ2n) is 8.21. The number of carbonyl (C=O) groups is 1. The summed E-state index contributed by atoms with van der Waals surface area (Å²) in [5.74, 6) is -0.953. The number of hydrogen-bond donors (Lipinski definition) is 3. The van der Waals surface area contributed by atoms with Crippen LogP contribution in [0.1, 0.15) is 29.2 Å². The van der Waals surface area contributed by atoms with Gasteiger partial charge >= 0.3 is 5.97 Å². The number of H-pyrrole nitrogens is 1. The summed E-state index contributed by atoms with van der Waals surface area (Å²) >= 11 is 0. The molecule has 3 N–H and O–H groups in total.